The lowest BCUT2D eigenvalue weighted by molar-refractivity contribution is -0.129. The summed E-state index contributed by atoms with van der Waals surface area (Å²) in [5, 5.41) is 2.93. The molecule has 1 heterocycles. The Labute approximate surface area is 142 Å². The molecule has 0 aliphatic carbocycles. The molecule has 1 aliphatic rings. The fraction of sp³-hybridized carbons (Fsp3) is 0.300. The van der Waals surface area contributed by atoms with Gasteiger partial charge < -0.3 is 10.2 Å². The molecule has 2 aromatic carbocycles. The number of hydrogen-bond acceptors (Lipinski definition) is 2. The lowest BCUT2D eigenvalue weighted by Gasteiger charge is -2.25. The third-order valence-electron chi connectivity index (χ3n) is 4.56. The highest BCUT2D eigenvalue weighted by Crippen LogP contribution is 2.29. The van der Waals surface area contributed by atoms with Crippen molar-refractivity contribution < 1.29 is 9.59 Å². The Morgan fingerprint density at radius 2 is 1.92 bits per heavy atom. The Morgan fingerprint density at radius 3 is 2.62 bits per heavy atom. The minimum atomic E-state index is -0.302. The van der Waals surface area contributed by atoms with Crippen LogP contribution in [0.5, 0.6) is 0 Å². The van der Waals surface area contributed by atoms with Crippen LogP contribution in [0.25, 0.3) is 0 Å². The summed E-state index contributed by atoms with van der Waals surface area (Å²) in [5.74, 6) is -0.350. The van der Waals surface area contributed by atoms with Gasteiger partial charge in [0.1, 0.15) is 0 Å². The first-order chi connectivity index (χ1) is 11.5. The van der Waals surface area contributed by atoms with Crippen LogP contribution in [-0.4, -0.2) is 23.3 Å². The van der Waals surface area contributed by atoms with Gasteiger partial charge in [-0.1, -0.05) is 42.5 Å². The van der Waals surface area contributed by atoms with Crippen LogP contribution in [0.2, 0.25) is 0 Å². The van der Waals surface area contributed by atoms with Gasteiger partial charge in [0.25, 0.3) is 0 Å². The number of carbonyl (C=O) groups excluding carboxylic acids is 2. The van der Waals surface area contributed by atoms with Gasteiger partial charge in [-0.2, -0.15) is 0 Å². The van der Waals surface area contributed by atoms with Gasteiger partial charge in [-0.15, -0.1) is 0 Å². The molecule has 1 N–H and O–H groups in total. The summed E-state index contributed by atoms with van der Waals surface area (Å²) in [6, 6.07) is 17.6. The number of benzene rings is 2. The summed E-state index contributed by atoms with van der Waals surface area (Å²) in [7, 11) is 0. The van der Waals surface area contributed by atoms with Crippen LogP contribution in [0.3, 0.4) is 0 Å². The molecular weight excluding hydrogens is 300 g/mol. The largest absolute Gasteiger partial charge is 0.335 e. The zero-order valence-electron chi connectivity index (χ0n) is 14.0. The zero-order valence-corrected chi connectivity index (χ0v) is 14.0. The fourth-order valence-corrected chi connectivity index (χ4v) is 3.16. The molecule has 4 nitrogen and oxygen atoms in total. The van der Waals surface area contributed by atoms with Gasteiger partial charge in [0.2, 0.25) is 11.8 Å². The number of anilines is 1. The summed E-state index contributed by atoms with van der Waals surface area (Å²) in [4.78, 5) is 26.6. The third-order valence-corrected chi connectivity index (χ3v) is 4.56. The lowest BCUT2D eigenvalue weighted by Crippen LogP contribution is -2.30. The highest BCUT2D eigenvalue weighted by atomic mass is 16.2. The standard InChI is InChI=1S/C20H22N2O2/c1-14-7-6-10-18(11-14)21-20(24)17-12-19(23)22(13-17)15(2)16-8-4-3-5-9-16/h3-11,15,17H,12-13H2,1-2H3,(H,21,24)/t15-,17-/m1/s1. The Bertz CT molecular complexity index is 742. The number of rotatable bonds is 4. The van der Waals surface area contributed by atoms with Crippen LogP contribution in [0.15, 0.2) is 54.6 Å². The van der Waals surface area contributed by atoms with Gasteiger partial charge in [0.05, 0.1) is 12.0 Å². The maximum atomic E-state index is 12.5. The minimum Gasteiger partial charge on any atom is -0.335 e. The molecule has 0 radical (unpaired) electrons. The number of nitrogens with one attached hydrogen (secondary N) is 1. The topological polar surface area (TPSA) is 49.4 Å². The molecule has 2 aromatic rings. The van der Waals surface area contributed by atoms with E-state index in [9.17, 15) is 9.59 Å². The van der Waals surface area contributed by atoms with Crippen LogP contribution < -0.4 is 5.32 Å². The molecule has 2 amide bonds. The van der Waals surface area contributed by atoms with Crippen molar-refractivity contribution in [2.24, 2.45) is 5.92 Å². The first-order valence-electron chi connectivity index (χ1n) is 8.26. The van der Waals surface area contributed by atoms with E-state index in [1.165, 1.54) is 0 Å². The van der Waals surface area contributed by atoms with E-state index >= 15 is 0 Å². The van der Waals surface area contributed by atoms with Gasteiger partial charge in [-0.05, 0) is 37.1 Å². The fourth-order valence-electron chi connectivity index (χ4n) is 3.16. The van der Waals surface area contributed by atoms with Crippen molar-refractivity contribution in [3.8, 4) is 0 Å². The van der Waals surface area contributed by atoms with Gasteiger partial charge in [-0.25, -0.2) is 0 Å². The molecule has 0 unspecified atom stereocenters. The average Bonchev–Trinajstić information content (AvgIpc) is 2.97. The molecule has 0 bridgehead atoms. The molecule has 4 heteroatoms. The van der Waals surface area contributed by atoms with Crippen LogP contribution in [0.4, 0.5) is 5.69 Å². The Hall–Kier alpha value is -2.62. The van der Waals surface area contributed by atoms with E-state index in [2.05, 4.69) is 5.32 Å². The summed E-state index contributed by atoms with van der Waals surface area (Å²) < 4.78 is 0. The highest BCUT2D eigenvalue weighted by molar-refractivity contribution is 5.97. The molecule has 2 atom stereocenters. The normalized spacial score (nSPS) is 18.5. The summed E-state index contributed by atoms with van der Waals surface area (Å²) in [6.45, 7) is 4.46. The summed E-state index contributed by atoms with van der Waals surface area (Å²) in [5.41, 5.74) is 2.96. The van der Waals surface area contributed by atoms with E-state index in [4.69, 9.17) is 0 Å². The van der Waals surface area contributed by atoms with Crippen molar-refractivity contribution in [2.45, 2.75) is 26.3 Å². The molecule has 24 heavy (non-hydrogen) atoms. The van der Waals surface area contributed by atoms with Crippen LogP contribution >= 0.6 is 0 Å². The van der Waals surface area contributed by atoms with E-state index in [0.717, 1.165) is 16.8 Å². The molecule has 0 spiro atoms. The first kappa shape index (κ1) is 16.2. The quantitative estimate of drug-likeness (QED) is 0.936. The van der Waals surface area contributed by atoms with Gasteiger partial charge in [0.15, 0.2) is 0 Å². The minimum absolute atomic E-state index is 0.0181. The maximum absolute atomic E-state index is 12.5. The molecular formula is C20H22N2O2. The number of aryl methyl sites for hydroxylation is 1. The molecule has 124 valence electrons. The van der Waals surface area contributed by atoms with Crippen molar-refractivity contribution in [1.82, 2.24) is 4.90 Å². The first-order valence-corrected chi connectivity index (χ1v) is 8.26. The maximum Gasteiger partial charge on any atom is 0.229 e. The number of likely N-dealkylation sites (tertiary alicyclic amines) is 1. The number of nitrogens with zero attached hydrogens (tertiary/aromatic N) is 1. The molecule has 3 rings (SSSR count). The molecule has 1 saturated heterocycles. The zero-order chi connectivity index (χ0) is 17.1. The van der Waals surface area contributed by atoms with Crippen molar-refractivity contribution in [1.29, 1.82) is 0 Å². The highest BCUT2D eigenvalue weighted by Gasteiger charge is 2.36. The molecule has 1 aliphatic heterocycles. The Balaban J connectivity index is 1.67. The molecule has 1 fully saturated rings. The predicted octanol–water partition coefficient (Wildman–Crippen LogP) is 3.54. The van der Waals surface area contributed by atoms with Gasteiger partial charge in [0, 0.05) is 18.7 Å². The Morgan fingerprint density at radius 1 is 1.17 bits per heavy atom. The number of carbonyl (C=O) groups is 2. The monoisotopic (exact) mass is 322 g/mol. The van der Waals surface area contributed by atoms with Crippen LogP contribution in [-0.2, 0) is 9.59 Å². The van der Waals surface area contributed by atoms with E-state index < -0.39 is 0 Å². The van der Waals surface area contributed by atoms with Gasteiger partial charge in [-0.3, -0.25) is 9.59 Å². The summed E-state index contributed by atoms with van der Waals surface area (Å²) >= 11 is 0. The lowest BCUT2D eigenvalue weighted by atomic mass is 10.1. The van der Waals surface area contributed by atoms with E-state index in [1.54, 1.807) is 4.90 Å². The molecule has 0 aromatic heterocycles. The average molecular weight is 322 g/mol. The van der Waals surface area contributed by atoms with Crippen LogP contribution in [0.1, 0.15) is 30.5 Å². The smallest absolute Gasteiger partial charge is 0.229 e. The van der Waals surface area contributed by atoms with Crippen LogP contribution in [0, 0.1) is 12.8 Å². The second kappa shape index (κ2) is 6.87. The SMILES string of the molecule is Cc1cccc(NC(=O)[C@@H]2CC(=O)N([C@H](C)c3ccccc3)C2)c1. The third kappa shape index (κ3) is 3.48. The van der Waals surface area contributed by atoms with Crippen molar-refractivity contribution >= 4 is 17.5 Å². The predicted molar refractivity (Wildman–Crippen MR) is 94.5 cm³/mol. The number of amides is 2. The van der Waals surface area contributed by atoms with E-state index in [0.29, 0.717) is 6.54 Å². The number of hydrogen-bond donors (Lipinski definition) is 1. The van der Waals surface area contributed by atoms with Crippen molar-refractivity contribution in [2.75, 3.05) is 11.9 Å². The second-order valence-corrected chi connectivity index (χ2v) is 6.39. The molecule has 0 saturated carbocycles. The van der Waals surface area contributed by atoms with E-state index in [-0.39, 0.29) is 30.2 Å². The Kier molecular flexibility index (Phi) is 4.65. The van der Waals surface area contributed by atoms with Crippen molar-refractivity contribution in [3.63, 3.8) is 0 Å². The van der Waals surface area contributed by atoms with Gasteiger partial charge >= 0.3 is 0 Å². The van der Waals surface area contributed by atoms with E-state index in [1.807, 2.05) is 68.4 Å². The van der Waals surface area contributed by atoms with Crippen molar-refractivity contribution in [3.05, 3.63) is 65.7 Å². The summed E-state index contributed by atoms with van der Waals surface area (Å²) in [6.07, 6.45) is 0.273. The second-order valence-electron chi connectivity index (χ2n) is 6.39.